The molecule has 17 heavy (non-hydrogen) atoms. The number of nitrogens with two attached hydrogens (primary N) is 1. The highest BCUT2D eigenvalue weighted by Crippen LogP contribution is 2.16. The van der Waals surface area contributed by atoms with Gasteiger partial charge in [-0.1, -0.05) is 0 Å². The lowest BCUT2D eigenvalue weighted by Gasteiger charge is -2.34. The maximum Gasteiger partial charge on any atom is 0.236 e. The average molecular weight is 239 g/mol. The van der Waals surface area contributed by atoms with E-state index in [9.17, 15) is 4.79 Å². The number of rotatable bonds is 3. The van der Waals surface area contributed by atoms with Gasteiger partial charge in [0.15, 0.2) is 0 Å². The van der Waals surface area contributed by atoms with Crippen LogP contribution in [0, 0.1) is 5.92 Å². The zero-order chi connectivity index (χ0) is 12.1. The Bertz CT molecular complexity index is 251. The van der Waals surface area contributed by atoms with Crippen LogP contribution in [0.15, 0.2) is 0 Å². The molecule has 4 nitrogen and oxygen atoms in total. The largest absolute Gasteiger partial charge is 0.342 e. The molecule has 98 valence electrons. The van der Waals surface area contributed by atoms with Crippen LogP contribution in [-0.2, 0) is 4.79 Å². The molecule has 1 unspecified atom stereocenters. The van der Waals surface area contributed by atoms with E-state index in [1.54, 1.807) is 0 Å². The highest BCUT2D eigenvalue weighted by atomic mass is 16.2. The van der Waals surface area contributed by atoms with Gasteiger partial charge in [-0.25, -0.2) is 0 Å². The van der Waals surface area contributed by atoms with Crippen LogP contribution in [0.5, 0.6) is 0 Å². The van der Waals surface area contributed by atoms with Gasteiger partial charge in [-0.05, 0) is 51.1 Å². The molecule has 0 aromatic heterocycles. The topological polar surface area (TPSA) is 49.6 Å². The lowest BCUT2D eigenvalue weighted by Crippen LogP contribution is -2.46. The number of hydrogen-bond donors (Lipinski definition) is 1. The molecule has 1 amide bonds. The highest BCUT2D eigenvalue weighted by molar-refractivity contribution is 5.78. The SMILES string of the molecule is NCC1CCCN(CC(=O)N2CCCCC2)C1. The van der Waals surface area contributed by atoms with Gasteiger partial charge in [0, 0.05) is 19.6 Å². The molecule has 2 heterocycles. The molecule has 2 aliphatic rings. The van der Waals surface area contributed by atoms with Gasteiger partial charge in [0.1, 0.15) is 0 Å². The van der Waals surface area contributed by atoms with Crippen molar-refractivity contribution >= 4 is 5.91 Å². The second-order valence-corrected chi connectivity index (χ2v) is 5.42. The Kier molecular flexibility index (Phi) is 4.80. The van der Waals surface area contributed by atoms with E-state index >= 15 is 0 Å². The molecule has 0 spiro atoms. The Morgan fingerprint density at radius 3 is 2.59 bits per heavy atom. The first kappa shape index (κ1) is 12.8. The first-order valence-corrected chi connectivity index (χ1v) is 7.00. The minimum Gasteiger partial charge on any atom is -0.342 e. The number of nitrogens with zero attached hydrogens (tertiary/aromatic N) is 2. The molecule has 2 saturated heterocycles. The fraction of sp³-hybridized carbons (Fsp3) is 0.923. The lowest BCUT2D eigenvalue weighted by atomic mass is 9.98. The van der Waals surface area contributed by atoms with Crippen molar-refractivity contribution in [3.63, 3.8) is 0 Å². The predicted octanol–water partition coefficient (Wildman–Crippen LogP) is 0.670. The van der Waals surface area contributed by atoms with Crippen LogP contribution in [0.25, 0.3) is 0 Å². The maximum absolute atomic E-state index is 12.1. The molecular weight excluding hydrogens is 214 g/mol. The van der Waals surface area contributed by atoms with Gasteiger partial charge in [-0.15, -0.1) is 0 Å². The summed E-state index contributed by atoms with van der Waals surface area (Å²) in [7, 11) is 0. The Hall–Kier alpha value is -0.610. The van der Waals surface area contributed by atoms with Gasteiger partial charge >= 0.3 is 0 Å². The van der Waals surface area contributed by atoms with Crippen LogP contribution in [0.1, 0.15) is 32.1 Å². The Balaban J connectivity index is 1.77. The number of carbonyl (C=O) groups is 1. The summed E-state index contributed by atoms with van der Waals surface area (Å²) in [6, 6.07) is 0. The van der Waals surface area contributed by atoms with Crippen molar-refractivity contribution in [1.29, 1.82) is 0 Å². The van der Waals surface area contributed by atoms with Gasteiger partial charge in [0.05, 0.1) is 6.54 Å². The molecule has 0 aromatic rings. The van der Waals surface area contributed by atoms with Crippen molar-refractivity contribution < 1.29 is 4.79 Å². The van der Waals surface area contributed by atoms with E-state index in [2.05, 4.69) is 4.90 Å². The summed E-state index contributed by atoms with van der Waals surface area (Å²) in [5.41, 5.74) is 5.72. The number of piperidine rings is 2. The number of hydrogen-bond acceptors (Lipinski definition) is 3. The van der Waals surface area contributed by atoms with Crippen LogP contribution in [-0.4, -0.2) is 55.0 Å². The molecule has 2 aliphatic heterocycles. The first-order valence-electron chi connectivity index (χ1n) is 7.00. The number of amides is 1. The monoisotopic (exact) mass is 239 g/mol. The summed E-state index contributed by atoms with van der Waals surface area (Å²) < 4.78 is 0. The zero-order valence-corrected chi connectivity index (χ0v) is 10.7. The van der Waals surface area contributed by atoms with E-state index in [0.29, 0.717) is 18.4 Å². The van der Waals surface area contributed by atoms with E-state index in [0.717, 1.165) is 32.7 Å². The molecule has 2 N–H and O–H groups in total. The zero-order valence-electron chi connectivity index (χ0n) is 10.7. The van der Waals surface area contributed by atoms with Crippen molar-refractivity contribution in [3.05, 3.63) is 0 Å². The van der Waals surface area contributed by atoms with E-state index in [-0.39, 0.29) is 0 Å². The summed E-state index contributed by atoms with van der Waals surface area (Å²) in [6.07, 6.45) is 6.05. The predicted molar refractivity (Wildman–Crippen MR) is 68.6 cm³/mol. The second-order valence-electron chi connectivity index (χ2n) is 5.42. The third kappa shape index (κ3) is 3.68. The van der Waals surface area contributed by atoms with Crippen LogP contribution in [0.4, 0.5) is 0 Å². The normalized spacial score (nSPS) is 27.1. The Morgan fingerprint density at radius 2 is 1.88 bits per heavy atom. The molecule has 2 fully saturated rings. The molecule has 0 saturated carbocycles. The van der Waals surface area contributed by atoms with Gasteiger partial charge in [-0.2, -0.15) is 0 Å². The molecule has 0 aromatic carbocycles. The minimum absolute atomic E-state index is 0.322. The summed E-state index contributed by atoms with van der Waals surface area (Å²) in [4.78, 5) is 16.4. The fourth-order valence-electron chi connectivity index (χ4n) is 2.92. The molecule has 0 bridgehead atoms. The number of carbonyl (C=O) groups excluding carboxylic acids is 1. The second kappa shape index (κ2) is 6.36. The third-order valence-corrected chi connectivity index (χ3v) is 4.00. The third-order valence-electron chi connectivity index (χ3n) is 4.00. The summed E-state index contributed by atoms with van der Waals surface area (Å²) in [5.74, 6) is 0.917. The van der Waals surface area contributed by atoms with E-state index in [1.807, 2.05) is 4.90 Å². The molecule has 2 rings (SSSR count). The van der Waals surface area contributed by atoms with Crippen molar-refractivity contribution in [3.8, 4) is 0 Å². The van der Waals surface area contributed by atoms with Crippen LogP contribution < -0.4 is 5.73 Å². The molecule has 4 heteroatoms. The first-order chi connectivity index (χ1) is 8.29. The standard InChI is InChI=1S/C13H25N3O/c14-9-12-5-4-6-15(10-12)11-13(17)16-7-2-1-3-8-16/h12H,1-11,14H2. The average Bonchev–Trinajstić information content (AvgIpc) is 2.40. The molecular formula is C13H25N3O. The van der Waals surface area contributed by atoms with Crippen LogP contribution in [0.2, 0.25) is 0 Å². The number of likely N-dealkylation sites (tertiary alicyclic amines) is 2. The summed E-state index contributed by atoms with van der Waals surface area (Å²) in [6.45, 7) is 5.37. The van der Waals surface area contributed by atoms with Crippen LogP contribution >= 0.6 is 0 Å². The van der Waals surface area contributed by atoms with Crippen molar-refractivity contribution in [2.75, 3.05) is 39.3 Å². The summed E-state index contributed by atoms with van der Waals surface area (Å²) >= 11 is 0. The van der Waals surface area contributed by atoms with Crippen LogP contribution in [0.3, 0.4) is 0 Å². The maximum atomic E-state index is 12.1. The Labute approximate surface area is 104 Å². The van der Waals surface area contributed by atoms with Gasteiger partial charge < -0.3 is 10.6 Å². The van der Waals surface area contributed by atoms with Gasteiger partial charge in [-0.3, -0.25) is 9.69 Å². The van der Waals surface area contributed by atoms with Crippen molar-refractivity contribution in [2.45, 2.75) is 32.1 Å². The van der Waals surface area contributed by atoms with Gasteiger partial charge in [0.2, 0.25) is 5.91 Å². The Morgan fingerprint density at radius 1 is 1.12 bits per heavy atom. The fourth-order valence-corrected chi connectivity index (χ4v) is 2.92. The molecule has 0 aliphatic carbocycles. The van der Waals surface area contributed by atoms with E-state index in [1.165, 1.54) is 32.1 Å². The van der Waals surface area contributed by atoms with Gasteiger partial charge in [0.25, 0.3) is 0 Å². The smallest absolute Gasteiger partial charge is 0.236 e. The van der Waals surface area contributed by atoms with E-state index in [4.69, 9.17) is 5.73 Å². The highest BCUT2D eigenvalue weighted by Gasteiger charge is 2.23. The summed E-state index contributed by atoms with van der Waals surface area (Å²) in [5, 5.41) is 0. The van der Waals surface area contributed by atoms with Crippen molar-refractivity contribution in [2.24, 2.45) is 11.7 Å². The molecule has 0 radical (unpaired) electrons. The van der Waals surface area contributed by atoms with E-state index < -0.39 is 0 Å². The minimum atomic E-state index is 0.322. The van der Waals surface area contributed by atoms with Crippen molar-refractivity contribution in [1.82, 2.24) is 9.80 Å². The quantitative estimate of drug-likeness (QED) is 0.787. The lowest BCUT2D eigenvalue weighted by molar-refractivity contribution is -0.133. The molecule has 1 atom stereocenters.